The number of rotatable bonds is 3. The van der Waals surface area contributed by atoms with Crippen LogP contribution < -0.4 is 0 Å². The summed E-state index contributed by atoms with van der Waals surface area (Å²) in [6.07, 6.45) is 1.40. The molecule has 0 aromatic carbocycles. The smallest absolute Gasteiger partial charge is 0.356 e. The SMILES string of the molecule is CC(C)c1nc(C(=O)O)c2ccc(C(=O)O)cn12. The van der Waals surface area contributed by atoms with Gasteiger partial charge in [0.2, 0.25) is 0 Å². The van der Waals surface area contributed by atoms with Crippen molar-refractivity contribution in [2.24, 2.45) is 0 Å². The fourth-order valence-corrected chi connectivity index (χ4v) is 1.80. The maximum Gasteiger partial charge on any atom is 0.356 e. The van der Waals surface area contributed by atoms with Crippen molar-refractivity contribution in [3.63, 3.8) is 0 Å². The van der Waals surface area contributed by atoms with E-state index in [1.807, 2.05) is 13.8 Å². The van der Waals surface area contributed by atoms with E-state index in [0.29, 0.717) is 11.3 Å². The van der Waals surface area contributed by atoms with Gasteiger partial charge in [-0.05, 0) is 12.1 Å². The Morgan fingerprint density at radius 1 is 1.22 bits per heavy atom. The summed E-state index contributed by atoms with van der Waals surface area (Å²) in [4.78, 5) is 26.1. The molecule has 0 aliphatic heterocycles. The molecule has 0 saturated carbocycles. The fourth-order valence-electron chi connectivity index (χ4n) is 1.80. The van der Waals surface area contributed by atoms with Crippen LogP contribution in [-0.2, 0) is 0 Å². The molecule has 94 valence electrons. The first kappa shape index (κ1) is 12.1. The number of hydrogen-bond donors (Lipinski definition) is 2. The molecule has 0 radical (unpaired) electrons. The van der Waals surface area contributed by atoms with Crippen molar-refractivity contribution in [2.45, 2.75) is 19.8 Å². The van der Waals surface area contributed by atoms with Crippen LogP contribution in [0, 0.1) is 0 Å². The number of carboxylic acid groups (broad SMARTS) is 2. The molecular weight excluding hydrogens is 236 g/mol. The highest BCUT2D eigenvalue weighted by molar-refractivity contribution is 5.95. The van der Waals surface area contributed by atoms with E-state index in [-0.39, 0.29) is 17.2 Å². The van der Waals surface area contributed by atoms with Gasteiger partial charge in [-0.15, -0.1) is 0 Å². The predicted octanol–water partition coefficient (Wildman–Crippen LogP) is 1.85. The molecular formula is C12H12N2O4. The lowest BCUT2D eigenvalue weighted by Gasteiger charge is -2.04. The Bertz CT molecular complexity index is 643. The van der Waals surface area contributed by atoms with Crippen molar-refractivity contribution >= 4 is 17.5 Å². The molecule has 0 bridgehead atoms. The summed E-state index contributed by atoms with van der Waals surface area (Å²) in [7, 11) is 0. The van der Waals surface area contributed by atoms with Crippen molar-refractivity contribution in [3.8, 4) is 0 Å². The summed E-state index contributed by atoms with van der Waals surface area (Å²) in [5.74, 6) is -1.65. The van der Waals surface area contributed by atoms with E-state index >= 15 is 0 Å². The minimum absolute atomic E-state index is 0.00496. The van der Waals surface area contributed by atoms with Gasteiger partial charge in [0, 0.05) is 12.1 Å². The van der Waals surface area contributed by atoms with E-state index in [4.69, 9.17) is 10.2 Å². The Morgan fingerprint density at radius 2 is 1.89 bits per heavy atom. The van der Waals surface area contributed by atoms with Crippen LogP contribution in [-0.4, -0.2) is 31.5 Å². The van der Waals surface area contributed by atoms with E-state index in [1.54, 1.807) is 0 Å². The molecule has 2 rings (SSSR count). The molecule has 18 heavy (non-hydrogen) atoms. The third-order valence-electron chi connectivity index (χ3n) is 2.63. The second-order valence-electron chi connectivity index (χ2n) is 4.26. The monoisotopic (exact) mass is 248 g/mol. The first-order valence-corrected chi connectivity index (χ1v) is 5.40. The molecule has 6 nitrogen and oxygen atoms in total. The van der Waals surface area contributed by atoms with E-state index in [0.717, 1.165) is 0 Å². The second kappa shape index (κ2) is 4.14. The lowest BCUT2D eigenvalue weighted by molar-refractivity contribution is 0.0684. The van der Waals surface area contributed by atoms with Gasteiger partial charge in [0.05, 0.1) is 11.1 Å². The number of carboxylic acids is 2. The van der Waals surface area contributed by atoms with Crippen LogP contribution in [0.5, 0.6) is 0 Å². The van der Waals surface area contributed by atoms with Crippen LogP contribution in [0.4, 0.5) is 0 Å². The highest BCUT2D eigenvalue weighted by Gasteiger charge is 2.19. The third kappa shape index (κ3) is 1.81. The van der Waals surface area contributed by atoms with E-state index in [9.17, 15) is 9.59 Å². The Hall–Kier alpha value is -2.37. The fraction of sp³-hybridized carbons (Fsp3) is 0.250. The average molecular weight is 248 g/mol. The zero-order valence-electron chi connectivity index (χ0n) is 9.91. The van der Waals surface area contributed by atoms with E-state index in [1.165, 1.54) is 22.7 Å². The first-order chi connectivity index (χ1) is 8.41. The molecule has 0 unspecified atom stereocenters. The Balaban J connectivity index is 2.79. The second-order valence-corrected chi connectivity index (χ2v) is 4.26. The van der Waals surface area contributed by atoms with Gasteiger partial charge in [0.1, 0.15) is 5.82 Å². The van der Waals surface area contributed by atoms with Crippen molar-refractivity contribution < 1.29 is 19.8 Å². The van der Waals surface area contributed by atoms with Crippen molar-refractivity contribution in [3.05, 3.63) is 35.4 Å². The van der Waals surface area contributed by atoms with Crippen molar-refractivity contribution in [1.82, 2.24) is 9.38 Å². The predicted molar refractivity (Wildman–Crippen MR) is 63.2 cm³/mol. The Kier molecular flexibility index (Phi) is 2.78. The molecule has 0 atom stereocenters. The number of imidazole rings is 1. The quantitative estimate of drug-likeness (QED) is 0.864. The van der Waals surface area contributed by atoms with Crippen molar-refractivity contribution in [1.29, 1.82) is 0 Å². The highest BCUT2D eigenvalue weighted by Crippen LogP contribution is 2.20. The third-order valence-corrected chi connectivity index (χ3v) is 2.63. The molecule has 2 aromatic heterocycles. The number of aromatic nitrogens is 2. The molecule has 2 N–H and O–H groups in total. The zero-order valence-corrected chi connectivity index (χ0v) is 9.91. The summed E-state index contributed by atoms with van der Waals surface area (Å²) >= 11 is 0. The van der Waals surface area contributed by atoms with Gasteiger partial charge in [0.25, 0.3) is 0 Å². The number of hydrogen-bond acceptors (Lipinski definition) is 3. The molecule has 0 spiro atoms. The van der Waals surface area contributed by atoms with Crippen molar-refractivity contribution in [2.75, 3.05) is 0 Å². The number of pyridine rings is 1. The van der Waals surface area contributed by atoms with Gasteiger partial charge in [0.15, 0.2) is 5.69 Å². The molecule has 6 heteroatoms. The number of aromatic carboxylic acids is 2. The minimum Gasteiger partial charge on any atom is -0.478 e. The van der Waals surface area contributed by atoms with Gasteiger partial charge in [-0.25, -0.2) is 14.6 Å². The normalized spacial score (nSPS) is 11.1. The van der Waals surface area contributed by atoms with E-state index < -0.39 is 11.9 Å². The van der Waals surface area contributed by atoms with Gasteiger partial charge >= 0.3 is 11.9 Å². The minimum atomic E-state index is -1.12. The van der Waals surface area contributed by atoms with Crippen LogP contribution in [0.1, 0.15) is 46.4 Å². The molecule has 2 aromatic rings. The number of fused-ring (bicyclic) bond motifs is 1. The summed E-state index contributed by atoms with van der Waals surface area (Å²) in [5, 5.41) is 18.0. The Labute approximate surface area is 103 Å². The van der Waals surface area contributed by atoms with Crippen LogP contribution in [0.15, 0.2) is 18.3 Å². The lowest BCUT2D eigenvalue weighted by Crippen LogP contribution is -2.02. The van der Waals surface area contributed by atoms with Gasteiger partial charge in [-0.1, -0.05) is 13.8 Å². The zero-order chi connectivity index (χ0) is 13.4. The standard InChI is InChI=1S/C12H12N2O4/c1-6(2)10-13-9(12(17)18)8-4-3-7(11(15)16)5-14(8)10/h3-6H,1-2H3,(H,15,16)(H,17,18). The average Bonchev–Trinajstić information content (AvgIpc) is 2.67. The van der Waals surface area contributed by atoms with Crippen LogP contribution in [0.2, 0.25) is 0 Å². The maximum atomic E-state index is 11.1. The highest BCUT2D eigenvalue weighted by atomic mass is 16.4. The van der Waals surface area contributed by atoms with Crippen LogP contribution in [0.25, 0.3) is 5.52 Å². The summed E-state index contributed by atoms with van der Waals surface area (Å²) in [6, 6.07) is 2.84. The summed E-state index contributed by atoms with van der Waals surface area (Å²) in [5.41, 5.74) is 0.436. The summed E-state index contributed by atoms with van der Waals surface area (Å²) < 4.78 is 1.53. The molecule has 0 aliphatic carbocycles. The van der Waals surface area contributed by atoms with Crippen LogP contribution >= 0.6 is 0 Å². The topological polar surface area (TPSA) is 91.9 Å². The number of nitrogens with zero attached hydrogens (tertiary/aromatic N) is 2. The van der Waals surface area contributed by atoms with Crippen LogP contribution in [0.3, 0.4) is 0 Å². The molecule has 0 saturated heterocycles. The molecule has 0 amide bonds. The van der Waals surface area contributed by atoms with E-state index in [2.05, 4.69) is 4.98 Å². The maximum absolute atomic E-state index is 11.1. The van der Waals surface area contributed by atoms with Gasteiger partial charge < -0.3 is 14.6 Å². The van der Waals surface area contributed by atoms with Gasteiger partial charge in [-0.2, -0.15) is 0 Å². The lowest BCUT2D eigenvalue weighted by atomic mass is 10.2. The Morgan fingerprint density at radius 3 is 2.39 bits per heavy atom. The van der Waals surface area contributed by atoms with Gasteiger partial charge in [-0.3, -0.25) is 0 Å². The molecule has 0 aliphatic rings. The summed E-state index contributed by atoms with van der Waals surface area (Å²) in [6.45, 7) is 3.74. The number of carbonyl (C=O) groups is 2. The molecule has 2 heterocycles. The largest absolute Gasteiger partial charge is 0.478 e. The first-order valence-electron chi connectivity index (χ1n) is 5.40. The molecule has 0 fully saturated rings.